The van der Waals surface area contributed by atoms with Gasteiger partial charge in [-0.05, 0) is 24.3 Å². The first kappa shape index (κ1) is 15.4. The minimum atomic E-state index is -1.20. The number of benzene rings is 1. The fourth-order valence-corrected chi connectivity index (χ4v) is 2.95. The smallest absolute Gasteiger partial charge is 0.280 e. The minimum Gasteiger partial charge on any atom is -0.394 e. The fourth-order valence-electron chi connectivity index (χ4n) is 2.14. The number of aliphatic hydroxyl groups is 1. The van der Waals surface area contributed by atoms with Crippen molar-refractivity contribution in [3.63, 3.8) is 0 Å². The van der Waals surface area contributed by atoms with E-state index in [2.05, 4.69) is 15.3 Å². The lowest BCUT2D eigenvalue weighted by molar-refractivity contribution is 0.0913. The quantitative estimate of drug-likeness (QED) is 0.768. The van der Waals surface area contributed by atoms with Crippen LogP contribution in [0.3, 0.4) is 0 Å². The van der Waals surface area contributed by atoms with E-state index in [1.54, 1.807) is 18.3 Å². The number of amides is 1. The summed E-state index contributed by atoms with van der Waals surface area (Å²) in [6.45, 7) is -0.646. The van der Waals surface area contributed by atoms with E-state index >= 15 is 0 Å². The number of hydrogen-bond acceptors (Lipinski definition) is 5. The lowest BCUT2D eigenvalue weighted by atomic mass is 10.1. The van der Waals surface area contributed by atoms with Crippen molar-refractivity contribution >= 4 is 27.6 Å². The highest BCUT2D eigenvalue weighted by molar-refractivity contribution is 7.19. The molecule has 2 heterocycles. The number of fused-ring (bicyclic) bond motifs is 1. The number of pyridine rings is 1. The van der Waals surface area contributed by atoms with Crippen molar-refractivity contribution in [2.24, 2.45) is 0 Å². The maximum absolute atomic E-state index is 13.8. The molecule has 1 amide bonds. The monoisotopic (exact) mass is 335 g/mol. The largest absolute Gasteiger partial charge is 0.394 e. The van der Waals surface area contributed by atoms with Gasteiger partial charge in [0.25, 0.3) is 5.91 Å². The van der Waals surface area contributed by atoms with Crippen LogP contribution >= 0.6 is 11.3 Å². The van der Waals surface area contributed by atoms with Crippen LogP contribution in [0.15, 0.2) is 36.5 Å². The van der Waals surface area contributed by atoms with Crippen LogP contribution in [-0.2, 0) is 0 Å². The molecule has 0 bridgehead atoms. The average molecular weight is 335 g/mol. The van der Waals surface area contributed by atoms with E-state index in [1.165, 1.54) is 6.07 Å². The van der Waals surface area contributed by atoms with Crippen LogP contribution in [0, 0.1) is 11.6 Å². The molecule has 2 aromatic heterocycles. The Morgan fingerprint density at radius 1 is 1.26 bits per heavy atom. The summed E-state index contributed by atoms with van der Waals surface area (Å²) in [5.74, 6) is -2.31. The van der Waals surface area contributed by atoms with Crippen LogP contribution in [0.4, 0.5) is 8.78 Å². The molecule has 2 N–H and O–H groups in total. The number of aromatic nitrogens is 2. The average Bonchev–Trinajstić information content (AvgIpc) is 2.97. The Morgan fingerprint density at radius 2 is 2.00 bits per heavy atom. The maximum Gasteiger partial charge on any atom is 0.280 e. The number of aliphatic hydroxyl groups excluding tert-OH is 1. The third-order valence-corrected chi connectivity index (χ3v) is 4.17. The number of nitrogens with one attached hydrogen (secondary N) is 1. The standard InChI is InChI=1S/C15H11F2N3O2S/c16-8-3-1-4-9(17)12(8)11(7-21)19-13(22)15-20-10-5-2-6-18-14(10)23-15/h1-6,11,21H,7H2,(H,19,22). The van der Waals surface area contributed by atoms with Crippen LogP contribution in [-0.4, -0.2) is 27.6 Å². The van der Waals surface area contributed by atoms with Crippen molar-refractivity contribution in [3.05, 3.63) is 58.7 Å². The molecule has 8 heteroatoms. The Hall–Kier alpha value is -2.45. The molecular formula is C15H11F2N3O2S. The molecule has 0 spiro atoms. The van der Waals surface area contributed by atoms with E-state index in [0.29, 0.717) is 10.3 Å². The highest BCUT2D eigenvalue weighted by Crippen LogP contribution is 2.23. The van der Waals surface area contributed by atoms with Crippen LogP contribution < -0.4 is 5.32 Å². The summed E-state index contributed by atoms with van der Waals surface area (Å²) in [6.07, 6.45) is 1.58. The first-order chi connectivity index (χ1) is 11.1. The van der Waals surface area contributed by atoms with Gasteiger partial charge in [0.15, 0.2) is 5.01 Å². The van der Waals surface area contributed by atoms with Gasteiger partial charge in [0, 0.05) is 11.8 Å². The van der Waals surface area contributed by atoms with Gasteiger partial charge >= 0.3 is 0 Å². The first-order valence-electron chi connectivity index (χ1n) is 6.67. The zero-order chi connectivity index (χ0) is 16.4. The molecule has 23 heavy (non-hydrogen) atoms. The van der Waals surface area contributed by atoms with Gasteiger partial charge in [-0.2, -0.15) is 0 Å². The van der Waals surface area contributed by atoms with Crippen LogP contribution in [0.25, 0.3) is 10.3 Å². The van der Waals surface area contributed by atoms with Crippen molar-refractivity contribution in [1.82, 2.24) is 15.3 Å². The van der Waals surface area contributed by atoms with Gasteiger partial charge in [0.1, 0.15) is 22.0 Å². The second-order valence-electron chi connectivity index (χ2n) is 4.69. The molecule has 0 aliphatic heterocycles. The minimum absolute atomic E-state index is 0.105. The number of thiazole rings is 1. The second kappa shape index (κ2) is 6.35. The van der Waals surface area contributed by atoms with Crippen LogP contribution in [0.1, 0.15) is 21.4 Å². The number of hydrogen-bond donors (Lipinski definition) is 2. The maximum atomic E-state index is 13.8. The van der Waals surface area contributed by atoms with Crippen LogP contribution in [0.5, 0.6) is 0 Å². The SMILES string of the molecule is O=C(NC(CO)c1c(F)cccc1F)c1nc2cccnc2s1. The van der Waals surface area contributed by atoms with Gasteiger partial charge in [-0.1, -0.05) is 17.4 Å². The third-order valence-electron chi connectivity index (χ3n) is 3.20. The fraction of sp³-hybridized carbons (Fsp3) is 0.133. The summed E-state index contributed by atoms with van der Waals surface area (Å²) in [4.78, 5) is 21.0. The summed E-state index contributed by atoms with van der Waals surface area (Å²) >= 11 is 1.06. The zero-order valence-corrected chi connectivity index (χ0v) is 12.5. The predicted octanol–water partition coefficient (Wildman–Crippen LogP) is 2.43. The summed E-state index contributed by atoms with van der Waals surface area (Å²) < 4.78 is 27.6. The molecule has 1 atom stereocenters. The molecule has 5 nitrogen and oxygen atoms in total. The molecule has 0 saturated carbocycles. The molecule has 3 rings (SSSR count). The number of halogens is 2. The molecule has 1 unspecified atom stereocenters. The van der Waals surface area contributed by atoms with E-state index in [-0.39, 0.29) is 10.6 Å². The number of nitrogens with zero attached hydrogens (tertiary/aromatic N) is 2. The van der Waals surface area contributed by atoms with E-state index in [0.717, 1.165) is 23.5 Å². The van der Waals surface area contributed by atoms with E-state index in [1.807, 2.05) is 0 Å². The number of carbonyl (C=O) groups excluding carboxylic acids is 1. The molecule has 0 saturated heterocycles. The Bertz CT molecular complexity index is 816. The summed E-state index contributed by atoms with van der Waals surface area (Å²) in [5, 5.41) is 11.9. The topological polar surface area (TPSA) is 75.1 Å². The highest BCUT2D eigenvalue weighted by Gasteiger charge is 2.23. The van der Waals surface area contributed by atoms with Gasteiger partial charge in [-0.15, -0.1) is 0 Å². The van der Waals surface area contributed by atoms with Gasteiger partial charge in [-0.3, -0.25) is 4.79 Å². The third kappa shape index (κ3) is 3.03. The molecule has 3 aromatic rings. The Balaban J connectivity index is 1.88. The van der Waals surface area contributed by atoms with E-state index < -0.39 is 30.2 Å². The second-order valence-corrected chi connectivity index (χ2v) is 5.67. The van der Waals surface area contributed by atoms with E-state index in [4.69, 9.17) is 0 Å². The molecule has 0 fully saturated rings. The normalized spacial score (nSPS) is 12.3. The summed E-state index contributed by atoms with van der Waals surface area (Å²) in [6, 6.07) is 5.53. The van der Waals surface area contributed by atoms with Gasteiger partial charge in [0.2, 0.25) is 0 Å². The summed E-state index contributed by atoms with van der Waals surface area (Å²) in [7, 11) is 0. The first-order valence-corrected chi connectivity index (χ1v) is 7.49. The molecule has 0 radical (unpaired) electrons. The molecule has 1 aromatic carbocycles. The molecule has 0 aliphatic carbocycles. The van der Waals surface area contributed by atoms with Crippen LogP contribution in [0.2, 0.25) is 0 Å². The van der Waals surface area contributed by atoms with E-state index in [9.17, 15) is 18.7 Å². The number of carbonyl (C=O) groups is 1. The summed E-state index contributed by atoms with van der Waals surface area (Å²) in [5.41, 5.74) is 0.169. The van der Waals surface area contributed by atoms with Gasteiger partial charge < -0.3 is 10.4 Å². The van der Waals surface area contributed by atoms with Crippen molar-refractivity contribution in [2.45, 2.75) is 6.04 Å². The van der Waals surface area contributed by atoms with Gasteiger partial charge in [-0.25, -0.2) is 18.7 Å². The van der Waals surface area contributed by atoms with Crippen molar-refractivity contribution < 1.29 is 18.7 Å². The van der Waals surface area contributed by atoms with Crippen molar-refractivity contribution in [1.29, 1.82) is 0 Å². The lowest BCUT2D eigenvalue weighted by Gasteiger charge is -2.17. The molecular weight excluding hydrogens is 324 g/mol. The zero-order valence-electron chi connectivity index (χ0n) is 11.7. The van der Waals surface area contributed by atoms with Crippen molar-refractivity contribution in [2.75, 3.05) is 6.61 Å². The molecule has 0 aliphatic rings. The van der Waals surface area contributed by atoms with Crippen molar-refractivity contribution in [3.8, 4) is 0 Å². The Morgan fingerprint density at radius 3 is 2.65 bits per heavy atom. The highest BCUT2D eigenvalue weighted by atomic mass is 32.1. The number of rotatable bonds is 4. The van der Waals surface area contributed by atoms with Gasteiger partial charge in [0.05, 0.1) is 12.6 Å². The lowest BCUT2D eigenvalue weighted by Crippen LogP contribution is -2.32. The Kier molecular flexibility index (Phi) is 4.26. The predicted molar refractivity (Wildman–Crippen MR) is 81.1 cm³/mol. The molecule has 118 valence electrons. The Labute approximate surface area is 133 Å².